The maximum Gasteiger partial charge on any atom is 0.321 e. The number of likely N-dealkylation sites (N-methyl/N-ethyl adjacent to an activating group) is 1. The molecule has 0 fully saturated rings. The summed E-state index contributed by atoms with van der Waals surface area (Å²) in [6.07, 6.45) is 3.25. The van der Waals surface area contributed by atoms with Gasteiger partial charge in [0, 0.05) is 12.1 Å². The molecule has 0 aliphatic heterocycles. The number of carboxylic acid groups (broad SMARTS) is 1. The first-order valence-corrected chi connectivity index (χ1v) is 4.05. The van der Waals surface area contributed by atoms with Gasteiger partial charge in [-0.25, -0.2) is 4.98 Å². The molecule has 0 amide bonds. The number of hydrogen-bond acceptors (Lipinski definition) is 3. The van der Waals surface area contributed by atoms with Crippen molar-refractivity contribution >= 4 is 5.97 Å². The molecule has 0 aliphatic carbocycles. The Balaban J connectivity index is 2.76. The highest BCUT2D eigenvalue weighted by Crippen LogP contribution is 2.15. The summed E-state index contributed by atoms with van der Waals surface area (Å²) < 4.78 is 0. The fourth-order valence-electron chi connectivity index (χ4n) is 1.28. The molecule has 72 valence electrons. The fourth-order valence-corrected chi connectivity index (χ4v) is 1.28. The molecule has 1 rings (SSSR count). The molecule has 1 aromatic heterocycles. The zero-order chi connectivity index (χ0) is 9.84. The van der Waals surface area contributed by atoms with E-state index < -0.39 is 12.0 Å². The predicted octanol–water partition coefficient (Wildman–Crippen LogP) is 0.186. The first kappa shape index (κ1) is 9.73. The molecule has 3 N–H and O–H groups in total. The van der Waals surface area contributed by atoms with Crippen molar-refractivity contribution in [1.82, 2.24) is 15.3 Å². The van der Waals surface area contributed by atoms with Gasteiger partial charge in [-0.3, -0.25) is 4.79 Å². The van der Waals surface area contributed by atoms with E-state index >= 15 is 0 Å². The van der Waals surface area contributed by atoms with E-state index in [0.717, 1.165) is 5.69 Å². The smallest absolute Gasteiger partial charge is 0.321 e. The molecule has 1 unspecified atom stereocenters. The van der Waals surface area contributed by atoms with E-state index in [1.165, 1.54) is 0 Å². The number of nitrogens with one attached hydrogen (secondary N) is 2. The minimum Gasteiger partial charge on any atom is -0.480 e. The van der Waals surface area contributed by atoms with Crippen LogP contribution in [0.4, 0.5) is 0 Å². The molecule has 0 aliphatic rings. The van der Waals surface area contributed by atoms with Gasteiger partial charge in [0.1, 0.15) is 6.04 Å². The molecule has 13 heavy (non-hydrogen) atoms. The Morgan fingerprint density at radius 1 is 1.77 bits per heavy atom. The van der Waals surface area contributed by atoms with Crippen molar-refractivity contribution in [2.24, 2.45) is 0 Å². The Kier molecular flexibility index (Phi) is 3.02. The summed E-state index contributed by atoms with van der Waals surface area (Å²) in [6, 6.07) is -0.594. The summed E-state index contributed by atoms with van der Waals surface area (Å²) in [5.74, 6) is -1.01. The zero-order valence-corrected chi connectivity index (χ0v) is 7.61. The van der Waals surface area contributed by atoms with Crippen LogP contribution in [0.3, 0.4) is 0 Å². The monoisotopic (exact) mass is 183 g/mol. The van der Waals surface area contributed by atoms with E-state index in [9.17, 15) is 4.79 Å². The van der Waals surface area contributed by atoms with E-state index in [1.807, 2.05) is 6.92 Å². The van der Waals surface area contributed by atoms with E-state index in [1.54, 1.807) is 19.6 Å². The Morgan fingerprint density at radius 3 is 2.85 bits per heavy atom. The maximum absolute atomic E-state index is 10.8. The van der Waals surface area contributed by atoms with E-state index in [0.29, 0.717) is 0 Å². The summed E-state index contributed by atoms with van der Waals surface area (Å²) >= 11 is 0. The van der Waals surface area contributed by atoms with Gasteiger partial charge in [-0.1, -0.05) is 6.92 Å². The van der Waals surface area contributed by atoms with Gasteiger partial charge in [0.2, 0.25) is 0 Å². The van der Waals surface area contributed by atoms with Gasteiger partial charge in [0.05, 0.1) is 12.0 Å². The van der Waals surface area contributed by atoms with Gasteiger partial charge in [-0.15, -0.1) is 0 Å². The Hall–Kier alpha value is -1.36. The first-order valence-electron chi connectivity index (χ1n) is 4.05. The molecular formula is C8H13N3O2. The molecule has 0 bridgehead atoms. The second-order valence-electron chi connectivity index (χ2n) is 2.89. The number of H-pyrrole nitrogens is 1. The third kappa shape index (κ3) is 2.06. The largest absolute Gasteiger partial charge is 0.480 e. The molecule has 0 aromatic carbocycles. The van der Waals surface area contributed by atoms with Crippen molar-refractivity contribution < 1.29 is 9.90 Å². The standard InChI is InChI=1S/C8H13N3O2/c1-5(6-3-10-4-11-6)7(9-2)8(12)13/h3-5,7,9H,1-2H3,(H,10,11)(H,12,13)/t5?,7-/m0/s1. The van der Waals surface area contributed by atoms with Crippen LogP contribution in [0.1, 0.15) is 18.5 Å². The molecule has 0 saturated carbocycles. The van der Waals surface area contributed by atoms with Crippen LogP contribution in [-0.4, -0.2) is 34.1 Å². The van der Waals surface area contributed by atoms with Crippen LogP contribution < -0.4 is 5.32 Å². The van der Waals surface area contributed by atoms with Crippen molar-refractivity contribution in [3.05, 3.63) is 18.2 Å². The summed E-state index contributed by atoms with van der Waals surface area (Å²) in [5.41, 5.74) is 0.752. The van der Waals surface area contributed by atoms with Gasteiger partial charge in [-0.2, -0.15) is 0 Å². The van der Waals surface area contributed by atoms with Crippen LogP contribution in [0.15, 0.2) is 12.5 Å². The van der Waals surface area contributed by atoms with Crippen molar-refractivity contribution in [3.8, 4) is 0 Å². The van der Waals surface area contributed by atoms with E-state index in [-0.39, 0.29) is 5.92 Å². The average molecular weight is 183 g/mol. The minimum atomic E-state index is -0.863. The average Bonchev–Trinajstić information content (AvgIpc) is 2.56. The van der Waals surface area contributed by atoms with E-state index in [2.05, 4.69) is 15.3 Å². The van der Waals surface area contributed by atoms with Gasteiger partial charge < -0.3 is 15.4 Å². The third-order valence-electron chi connectivity index (χ3n) is 2.06. The topological polar surface area (TPSA) is 78.0 Å². The summed E-state index contributed by atoms with van der Waals surface area (Å²) in [5, 5.41) is 11.6. The summed E-state index contributed by atoms with van der Waals surface area (Å²) in [4.78, 5) is 17.6. The van der Waals surface area contributed by atoms with Crippen LogP contribution >= 0.6 is 0 Å². The Morgan fingerprint density at radius 2 is 2.46 bits per heavy atom. The lowest BCUT2D eigenvalue weighted by molar-refractivity contribution is -0.139. The number of aromatic nitrogens is 2. The lowest BCUT2D eigenvalue weighted by atomic mass is 9.99. The molecule has 0 radical (unpaired) electrons. The highest BCUT2D eigenvalue weighted by atomic mass is 16.4. The van der Waals surface area contributed by atoms with Gasteiger partial charge >= 0.3 is 5.97 Å². The summed E-state index contributed by atoms with van der Waals surface area (Å²) in [7, 11) is 1.63. The van der Waals surface area contributed by atoms with Crippen LogP contribution in [0.25, 0.3) is 0 Å². The molecule has 0 spiro atoms. The van der Waals surface area contributed by atoms with Crippen LogP contribution in [0.5, 0.6) is 0 Å². The van der Waals surface area contributed by atoms with Crippen LogP contribution in [0.2, 0.25) is 0 Å². The number of aliphatic carboxylic acids is 1. The second kappa shape index (κ2) is 4.04. The SMILES string of the molecule is CN[C@H](C(=O)O)C(C)c1c[nH]cn1. The second-order valence-corrected chi connectivity index (χ2v) is 2.89. The molecule has 5 nitrogen and oxygen atoms in total. The van der Waals surface area contributed by atoms with Crippen molar-refractivity contribution in [3.63, 3.8) is 0 Å². The lowest BCUT2D eigenvalue weighted by Crippen LogP contribution is -2.38. The molecule has 5 heteroatoms. The number of nitrogens with zero attached hydrogens (tertiary/aromatic N) is 1. The number of carboxylic acids is 1. The third-order valence-corrected chi connectivity index (χ3v) is 2.06. The van der Waals surface area contributed by atoms with Crippen LogP contribution in [-0.2, 0) is 4.79 Å². The molecular weight excluding hydrogens is 170 g/mol. The summed E-state index contributed by atoms with van der Waals surface area (Å²) in [6.45, 7) is 1.82. The van der Waals surface area contributed by atoms with Crippen molar-refractivity contribution in [2.75, 3.05) is 7.05 Å². The number of hydrogen-bond donors (Lipinski definition) is 3. The Bertz CT molecular complexity index is 271. The van der Waals surface area contributed by atoms with Gasteiger partial charge in [0.15, 0.2) is 0 Å². The normalized spacial score (nSPS) is 15.2. The zero-order valence-electron chi connectivity index (χ0n) is 7.61. The molecule has 2 atom stereocenters. The number of rotatable bonds is 4. The van der Waals surface area contributed by atoms with Crippen LogP contribution in [0, 0.1) is 0 Å². The maximum atomic E-state index is 10.8. The molecule has 0 saturated heterocycles. The van der Waals surface area contributed by atoms with Crippen molar-refractivity contribution in [2.45, 2.75) is 18.9 Å². The lowest BCUT2D eigenvalue weighted by Gasteiger charge is -2.17. The minimum absolute atomic E-state index is 0.145. The molecule has 1 aromatic rings. The highest BCUT2D eigenvalue weighted by molar-refractivity contribution is 5.74. The number of carbonyl (C=O) groups is 1. The van der Waals surface area contributed by atoms with E-state index in [4.69, 9.17) is 5.11 Å². The Labute approximate surface area is 76.2 Å². The highest BCUT2D eigenvalue weighted by Gasteiger charge is 2.24. The van der Waals surface area contributed by atoms with Gasteiger partial charge in [-0.05, 0) is 7.05 Å². The molecule has 1 heterocycles. The predicted molar refractivity (Wildman–Crippen MR) is 47.5 cm³/mol. The quantitative estimate of drug-likeness (QED) is 0.622. The van der Waals surface area contributed by atoms with Crippen molar-refractivity contribution in [1.29, 1.82) is 0 Å². The number of imidazole rings is 1. The number of aromatic amines is 1. The fraction of sp³-hybridized carbons (Fsp3) is 0.500. The van der Waals surface area contributed by atoms with Gasteiger partial charge in [0.25, 0.3) is 0 Å². The first-order chi connectivity index (χ1) is 6.16.